The number of benzene rings is 3. The Balaban J connectivity index is 1.78. The van der Waals surface area contributed by atoms with Crippen molar-refractivity contribution in [2.75, 3.05) is 19.0 Å². The van der Waals surface area contributed by atoms with Gasteiger partial charge in [-0.15, -0.1) is 0 Å². The SMILES string of the molecule is CN(C)c1ccc(C(=O)/C=C/c2ccc3ccccc3c2)cc1. The first-order chi connectivity index (χ1) is 11.1. The lowest BCUT2D eigenvalue weighted by molar-refractivity contribution is 0.104. The number of fused-ring (bicyclic) bond motifs is 1. The standard InChI is InChI=1S/C21H19NO/c1-22(2)20-12-10-18(11-13-20)21(23)14-8-16-7-9-17-5-3-4-6-19(17)15-16/h3-15H,1-2H3/b14-8+. The van der Waals surface area contributed by atoms with Gasteiger partial charge >= 0.3 is 0 Å². The van der Waals surface area contributed by atoms with E-state index in [-0.39, 0.29) is 5.78 Å². The van der Waals surface area contributed by atoms with Crippen LogP contribution in [-0.4, -0.2) is 19.9 Å². The zero-order valence-electron chi connectivity index (χ0n) is 13.4. The zero-order chi connectivity index (χ0) is 16.2. The van der Waals surface area contributed by atoms with Gasteiger partial charge in [0, 0.05) is 25.3 Å². The van der Waals surface area contributed by atoms with E-state index in [1.165, 1.54) is 10.8 Å². The summed E-state index contributed by atoms with van der Waals surface area (Å²) in [6.45, 7) is 0. The molecule has 0 aliphatic heterocycles. The van der Waals surface area contributed by atoms with Crippen molar-refractivity contribution < 1.29 is 4.79 Å². The van der Waals surface area contributed by atoms with Crippen molar-refractivity contribution in [1.29, 1.82) is 0 Å². The summed E-state index contributed by atoms with van der Waals surface area (Å²) < 4.78 is 0. The van der Waals surface area contributed by atoms with Crippen LogP contribution in [0.5, 0.6) is 0 Å². The van der Waals surface area contributed by atoms with Crippen LogP contribution in [0.1, 0.15) is 15.9 Å². The minimum atomic E-state index is 0.0171. The Labute approximate surface area is 136 Å². The number of ketones is 1. The molecule has 0 spiro atoms. The van der Waals surface area contributed by atoms with Crippen LogP contribution in [0, 0.1) is 0 Å². The van der Waals surface area contributed by atoms with E-state index in [0.717, 1.165) is 11.3 Å². The Bertz CT molecular complexity index is 860. The minimum absolute atomic E-state index is 0.0171. The maximum atomic E-state index is 12.3. The van der Waals surface area contributed by atoms with Crippen molar-refractivity contribution in [3.63, 3.8) is 0 Å². The van der Waals surface area contributed by atoms with Gasteiger partial charge in [-0.05, 0) is 52.7 Å². The average molecular weight is 301 g/mol. The third-order valence-electron chi connectivity index (χ3n) is 3.87. The van der Waals surface area contributed by atoms with Crippen LogP contribution in [0.25, 0.3) is 16.8 Å². The predicted octanol–water partition coefficient (Wildman–Crippen LogP) is 4.80. The van der Waals surface area contributed by atoms with E-state index in [0.29, 0.717) is 5.56 Å². The number of allylic oxidation sites excluding steroid dienone is 1. The molecule has 0 aromatic heterocycles. The molecule has 0 radical (unpaired) electrons. The number of carbonyl (C=O) groups is 1. The molecule has 0 amide bonds. The molecule has 2 nitrogen and oxygen atoms in total. The average Bonchev–Trinajstić information content (AvgIpc) is 2.59. The second kappa shape index (κ2) is 6.49. The highest BCUT2D eigenvalue weighted by atomic mass is 16.1. The highest BCUT2D eigenvalue weighted by molar-refractivity contribution is 6.07. The first kappa shape index (κ1) is 15.0. The van der Waals surface area contributed by atoms with Crippen LogP contribution in [0.4, 0.5) is 5.69 Å². The summed E-state index contributed by atoms with van der Waals surface area (Å²) >= 11 is 0. The lowest BCUT2D eigenvalue weighted by Gasteiger charge is -2.11. The van der Waals surface area contributed by atoms with Crippen LogP contribution in [0.2, 0.25) is 0 Å². The lowest BCUT2D eigenvalue weighted by Crippen LogP contribution is -2.08. The van der Waals surface area contributed by atoms with Crippen molar-refractivity contribution in [2.24, 2.45) is 0 Å². The normalized spacial score (nSPS) is 11.0. The first-order valence-corrected chi connectivity index (χ1v) is 7.62. The van der Waals surface area contributed by atoms with Gasteiger partial charge in [-0.3, -0.25) is 4.79 Å². The molecule has 2 heteroatoms. The summed E-state index contributed by atoms with van der Waals surface area (Å²) in [5.74, 6) is 0.0171. The van der Waals surface area contributed by atoms with E-state index < -0.39 is 0 Å². The molecule has 0 fully saturated rings. The Morgan fingerprint density at radius 1 is 0.870 bits per heavy atom. The van der Waals surface area contributed by atoms with Crippen molar-refractivity contribution in [3.8, 4) is 0 Å². The van der Waals surface area contributed by atoms with Crippen LogP contribution >= 0.6 is 0 Å². The smallest absolute Gasteiger partial charge is 0.185 e. The number of rotatable bonds is 4. The van der Waals surface area contributed by atoms with Gasteiger partial charge in [-0.25, -0.2) is 0 Å². The van der Waals surface area contributed by atoms with Crippen molar-refractivity contribution in [3.05, 3.63) is 83.9 Å². The monoisotopic (exact) mass is 301 g/mol. The third-order valence-corrected chi connectivity index (χ3v) is 3.87. The number of nitrogens with zero attached hydrogens (tertiary/aromatic N) is 1. The quantitative estimate of drug-likeness (QED) is 0.509. The molecule has 3 aromatic rings. The molecule has 0 heterocycles. The van der Waals surface area contributed by atoms with E-state index in [9.17, 15) is 4.79 Å². The van der Waals surface area contributed by atoms with Crippen molar-refractivity contribution in [1.82, 2.24) is 0 Å². The van der Waals surface area contributed by atoms with Crippen LogP contribution in [-0.2, 0) is 0 Å². The van der Waals surface area contributed by atoms with Gasteiger partial charge in [0.05, 0.1) is 0 Å². The second-order valence-electron chi connectivity index (χ2n) is 5.75. The lowest BCUT2D eigenvalue weighted by atomic mass is 10.1. The molecule has 23 heavy (non-hydrogen) atoms. The first-order valence-electron chi connectivity index (χ1n) is 7.62. The van der Waals surface area contributed by atoms with Crippen LogP contribution < -0.4 is 4.90 Å². The number of hydrogen-bond donors (Lipinski definition) is 0. The van der Waals surface area contributed by atoms with Crippen LogP contribution in [0.15, 0.2) is 72.8 Å². The Morgan fingerprint density at radius 3 is 2.26 bits per heavy atom. The zero-order valence-corrected chi connectivity index (χ0v) is 13.4. The Kier molecular flexibility index (Phi) is 4.24. The fourth-order valence-electron chi connectivity index (χ4n) is 2.50. The van der Waals surface area contributed by atoms with Gasteiger partial charge in [-0.1, -0.05) is 42.5 Å². The highest BCUT2D eigenvalue weighted by Crippen LogP contribution is 2.17. The molecule has 0 aliphatic carbocycles. The van der Waals surface area contributed by atoms with E-state index in [1.807, 2.05) is 67.5 Å². The number of carbonyl (C=O) groups excluding carboxylic acids is 1. The van der Waals surface area contributed by atoms with Crippen molar-refractivity contribution >= 4 is 28.3 Å². The Morgan fingerprint density at radius 2 is 1.57 bits per heavy atom. The fraction of sp³-hybridized carbons (Fsp3) is 0.0952. The second-order valence-corrected chi connectivity index (χ2v) is 5.75. The summed E-state index contributed by atoms with van der Waals surface area (Å²) in [6.07, 6.45) is 3.50. The molecule has 3 aromatic carbocycles. The van der Waals surface area contributed by atoms with Gasteiger partial charge in [0.1, 0.15) is 0 Å². The van der Waals surface area contributed by atoms with E-state index in [1.54, 1.807) is 6.08 Å². The molecular formula is C21H19NO. The van der Waals surface area contributed by atoms with E-state index in [2.05, 4.69) is 24.3 Å². The molecule has 0 atom stereocenters. The topological polar surface area (TPSA) is 20.3 Å². The largest absolute Gasteiger partial charge is 0.378 e. The van der Waals surface area contributed by atoms with E-state index >= 15 is 0 Å². The third kappa shape index (κ3) is 3.49. The summed E-state index contributed by atoms with van der Waals surface area (Å²) in [5.41, 5.74) is 2.81. The van der Waals surface area contributed by atoms with Gasteiger partial charge in [0.15, 0.2) is 5.78 Å². The predicted molar refractivity (Wildman–Crippen MR) is 98.1 cm³/mol. The summed E-state index contributed by atoms with van der Waals surface area (Å²) in [6, 6.07) is 22.0. The highest BCUT2D eigenvalue weighted by Gasteiger charge is 2.02. The summed E-state index contributed by atoms with van der Waals surface area (Å²) in [4.78, 5) is 14.3. The number of anilines is 1. The molecule has 0 unspecified atom stereocenters. The molecule has 0 saturated carbocycles. The summed E-state index contributed by atoms with van der Waals surface area (Å²) in [7, 11) is 3.97. The van der Waals surface area contributed by atoms with Crippen molar-refractivity contribution in [2.45, 2.75) is 0 Å². The minimum Gasteiger partial charge on any atom is -0.378 e. The Hall–Kier alpha value is -2.87. The molecule has 0 aliphatic rings. The van der Waals surface area contributed by atoms with Gasteiger partial charge < -0.3 is 4.90 Å². The van der Waals surface area contributed by atoms with Gasteiger partial charge in [-0.2, -0.15) is 0 Å². The van der Waals surface area contributed by atoms with E-state index in [4.69, 9.17) is 0 Å². The molecule has 0 N–H and O–H groups in total. The fourth-order valence-corrected chi connectivity index (χ4v) is 2.50. The van der Waals surface area contributed by atoms with Gasteiger partial charge in [0.25, 0.3) is 0 Å². The van der Waals surface area contributed by atoms with Crippen LogP contribution in [0.3, 0.4) is 0 Å². The molecular weight excluding hydrogens is 282 g/mol. The molecule has 0 saturated heterocycles. The van der Waals surface area contributed by atoms with Gasteiger partial charge in [0.2, 0.25) is 0 Å². The molecule has 3 rings (SSSR count). The number of hydrogen-bond acceptors (Lipinski definition) is 2. The maximum absolute atomic E-state index is 12.3. The molecule has 0 bridgehead atoms. The molecule has 114 valence electrons. The summed E-state index contributed by atoms with van der Waals surface area (Å²) in [5, 5.41) is 2.38. The maximum Gasteiger partial charge on any atom is 0.185 e.